The number of nitrogens with zero attached hydrogens (tertiary/aromatic N) is 3. The number of H-pyrrole nitrogens is 1. The van der Waals surface area contributed by atoms with Crippen LogP contribution in [0.1, 0.15) is 29.8 Å². The first-order valence-electron chi connectivity index (χ1n) is 8.75. The fourth-order valence-electron chi connectivity index (χ4n) is 3.45. The Hall–Kier alpha value is -1.37. The lowest BCUT2D eigenvalue weighted by Gasteiger charge is -2.37. The van der Waals surface area contributed by atoms with Crippen LogP contribution in [0.4, 0.5) is 0 Å². The van der Waals surface area contributed by atoms with Crippen molar-refractivity contribution in [2.45, 2.75) is 25.3 Å². The van der Waals surface area contributed by atoms with E-state index < -0.39 is 0 Å². The number of aromatic amines is 1. The van der Waals surface area contributed by atoms with Crippen LogP contribution in [-0.4, -0.2) is 79.0 Å². The molecular weight excluding hydrogens is 320 g/mol. The minimum Gasteiger partial charge on any atom is -0.350 e. The van der Waals surface area contributed by atoms with Crippen molar-refractivity contribution in [3.8, 4) is 0 Å². The number of likely N-dealkylation sites (tertiary alicyclic amines) is 1. The van der Waals surface area contributed by atoms with Gasteiger partial charge in [0.1, 0.15) is 5.69 Å². The Bertz CT molecular complexity index is 649. The third-order valence-corrected chi connectivity index (χ3v) is 5.76. The number of likely N-dealkylation sites (N-methyl/N-ethyl adjacent to an activating group) is 1. The fraction of sp³-hybridized carbons (Fsp3) is 0.611. The summed E-state index contributed by atoms with van der Waals surface area (Å²) < 4.78 is 1.16. The van der Waals surface area contributed by atoms with Crippen LogP contribution in [0.5, 0.6) is 0 Å². The van der Waals surface area contributed by atoms with Gasteiger partial charge in [-0.1, -0.05) is 0 Å². The zero-order valence-corrected chi connectivity index (χ0v) is 15.7. The molecule has 1 fully saturated rings. The number of amides is 1. The van der Waals surface area contributed by atoms with Crippen molar-refractivity contribution < 1.29 is 4.79 Å². The summed E-state index contributed by atoms with van der Waals surface area (Å²) in [6.45, 7) is 3.90. The van der Waals surface area contributed by atoms with Crippen LogP contribution in [0, 0.1) is 0 Å². The number of nitrogens with one attached hydrogen (secondary N) is 1. The molecule has 1 aliphatic heterocycles. The number of hydrogen-bond donors (Lipinski definition) is 1. The Labute approximate surface area is 148 Å². The van der Waals surface area contributed by atoms with E-state index in [1.807, 2.05) is 17.0 Å². The summed E-state index contributed by atoms with van der Waals surface area (Å²) in [6.07, 6.45) is 3.44. The van der Waals surface area contributed by atoms with Crippen LogP contribution in [0.15, 0.2) is 17.5 Å². The molecule has 0 aliphatic carbocycles. The van der Waals surface area contributed by atoms with Gasteiger partial charge in [0, 0.05) is 19.1 Å². The van der Waals surface area contributed by atoms with Crippen LogP contribution in [0.25, 0.3) is 10.2 Å². The summed E-state index contributed by atoms with van der Waals surface area (Å²) in [4.78, 5) is 22.7. The van der Waals surface area contributed by atoms with Crippen molar-refractivity contribution in [2.75, 3.05) is 47.3 Å². The van der Waals surface area contributed by atoms with E-state index in [4.69, 9.17) is 0 Å². The highest BCUT2D eigenvalue weighted by atomic mass is 32.1. The van der Waals surface area contributed by atoms with Gasteiger partial charge in [0.05, 0.1) is 10.2 Å². The molecule has 5 nitrogen and oxygen atoms in total. The Balaban J connectivity index is 1.58. The smallest absolute Gasteiger partial charge is 0.270 e. The van der Waals surface area contributed by atoms with E-state index in [0.717, 1.165) is 48.5 Å². The molecule has 24 heavy (non-hydrogen) atoms. The summed E-state index contributed by atoms with van der Waals surface area (Å²) in [5.41, 5.74) is 1.80. The predicted octanol–water partition coefficient (Wildman–Crippen LogP) is 2.72. The summed E-state index contributed by atoms with van der Waals surface area (Å²) in [5.74, 6) is 0.143. The second-order valence-electron chi connectivity index (χ2n) is 7.07. The molecule has 1 saturated heterocycles. The van der Waals surface area contributed by atoms with Gasteiger partial charge in [0.25, 0.3) is 5.91 Å². The van der Waals surface area contributed by atoms with Gasteiger partial charge >= 0.3 is 0 Å². The number of hydrogen-bond acceptors (Lipinski definition) is 4. The van der Waals surface area contributed by atoms with Gasteiger partial charge in [-0.05, 0) is 71.0 Å². The lowest BCUT2D eigenvalue weighted by molar-refractivity contribution is 0.0602. The SMILES string of the molecule is CN(C)CCCN(C)C1CCCN(C(=O)c2cc3sccc3[nH]2)C1. The van der Waals surface area contributed by atoms with E-state index in [-0.39, 0.29) is 5.91 Å². The van der Waals surface area contributed by atoms with Gasteiger partial charge in [0.2, 0.25) is 0 Å². The number of aromatic nitrogens is 1. The number of rotatable bonds is 6. The van der Waals surface area contributed by atoms with Crippen LogP contribution in [-0.2, 0) is 0 Å². The van der Waals surface area contributed by atoms with Gasteiger partial charge in [-0.3, -0.25) is 4.79 Å². The number of carbonyl (C=O) groups is 1. The number of piperidine rings is 1. The first-order chi connectivity index (χ1) is 11.5. The Kier molecular flexibility index (Phi) is 5.58. The molecule has 2 aromatic rings. The summed E-state index contributed by atoms with van der Waals surface area (Å²) >= 11 is 1.67. The van der Waals surface area contributed by atoms with Crippen LogP contribution in [0.3, 0.4) is 0 Å². The van der Waals surface area contributed by atoms with Gasteiger partial charge < -0.3 is 19.7 Å². The van der Waals surface area contributed by atoms with Crippen LogP contribution >= 0.6 is 11.3 Å². The lowest BCUT2D eigenvalue weighted by atomic mass is 10.0. The van der Waals surface area contributed by atoms with Crippen LogP contribution < -0.4 is 0 Å². The van der Waals surface area contributed by atoms with Crippen molar-refractivity contribution in [1.29, 1.82) is 0 Å². The molecule has 0 aromatic carbocycles. The highest BCUT2D eigenvalue weighted by molar-refractivity contribution is 7.17. The highest BCUT2D eigenvalue weighted by Crippen LogP contribution is 2.23. The first-order valence-corrected chi connectivity index (χ1v) is 9.63. The van der Waals surface area contributed by atoms with Crippen LogP contribution in [0.2, 0.25) is 0 Å². The van der Waals surface area contributed by atoms with Gasteiger partial charge in [0.15, 0.2) is 0 Å². The van der Waals surface area contributed by atoms with Gasteiger partial charge in [-0.25, -0.2) is 0 Å². The van der Waals surface area contributed by atoms with Crippen molar-refractivity contribution in [3.63, 3.8) is 0 Å². The Morgan fingerprint density at radius 3 is 2.96 bits per heavy atom. The van der Waals surface area contributed by atoms with E-state index in [2.05, 4.69) is 41.3 Å². The zero-order valence-electron chi connectivity index (χ0n) is 14.9. The molecule has 1 amide bonds. The fourth-order valence-corrected chi connectivity index (χ4v) is 4.23. The van der Waals surface area contributed by atoms with E-state index >= 15 is 0 Å². The molecule has 0 bridgehead atoms. The van der Waals surface area contributed by atoms with E-state index in [1.54, 1.807) is 11.3 Å². The molecule has 1 aliphatic rings. The third-order valence-electron chi connectivity index (χ3n) is 4.89. The Morgan fingerprint density at radius 2 is 2.21 bits per heavy atom. The number of carbonyl (C=O) groups excluding carboxylic acids is 1. The predicted molar refractivity (Wildman–Crippen MR) is 101 cm³/mol. The molecule has 1 N–H and O–H groups in total. The molecule has 6 heteroatoms. The van der Waals surface area contributed by atoms with Crippen molar-refractivity contribution in [3.05, 3.63) is 23.2 Å². The average Bonchev–Trinajstić information content (AvgIpc) is 3.15. The molecule has 1 atom stereocenters. The van der Waals surface area contributed by atoms with E-state index in [0.29, 0.717) is 6.04 Å². The minimum atomic E-state index is 0.143. The molecule has 3 rings (SSSR count). The maximum Gasteiger partial charge on any atom is 0.270 e. The molecule has 0 radical (unpaired) electrons. The maximum atomic E-state index is 12.8. The quantitative estimate of drug-likeness (QED) is 0.873. The summed E-state index contributed by atoms with van der Waals surface area (Å²) in [7, 11) is 6.42. The summed E-state index contributed by atoms with van der Waals surface area (Å²) in [6, 6.07) is 4.50. The monoisotopic (exact) mass is 348 g/mol. The second-order valence-corrected chi connectivity index (χ2v) is 8.01. The van der Waals surface area contributed by atoms with Gasteiger partial charge in [-0.2, -0.15) is 0 Å². The van der Waals surface area contributed by atoms with E-state index in [1.165, 1.54) is 12.8 Å². The van der Waals surface area contributed by atoms with Crippen molar-refractivity contribution in [2.24, 2.45) is 0 Å². The zero-order chi connectivity index (χ0) is 17.1. The molecule has 0 spiro atoms. The largest absolute Gasteiger partial charge is 0.350 e. The molecule has 1 unspecified atom stereocenters. The summed E-state index contributed by atoms with van der Waals surface area (Å²) in [5, 5.41) is 2.05. The molecule has 0 saturated carbocycles. The molecule has 3 heterocycles. The van der Waals surface area contributed by atoms with E-state index in [9.17, 15) is 4.79 Å². The van der Waals surface area contributed by atoms with Gasteiger partial charge in [-0.15, -0.1) is 11.3 Å². The normalized spacial score (nSPS) is 18.9. The third kappa shape index (κ3) is 3.99. The molecular formula is C18H28N4OS. The van der Waals surface area contributed by atoms with Crippen molar-refractivity contribution >= 4 is 27.5 Å². The highest BCUT2D eigenvalue weighted by Gasteiger charge is 2.27. The van der Waals surface area contributed by atoms with Crippen molar-refractivity contribution in [1.82, 2.24) is 19.7 Å². The average molecular weight is 349 g/mol. The minimum absolute atomic E-state index is 0.143. The standard InChI is InChI=1S/C18H28N4OS/c1-20(2)8-5-9-21(3)14-6-4-10-22(13-14)18(23)16-12-17-15(19-16)7-11-24-17/h7,11-12,14,19H,4-6,8-10,13H2,1-3H3. The second kappa shape index (κ2) is 7.68. The first kappa shape index (κ1) is 17.5. The maximum absolute atomic E-state index is 12.8. The number of thiophene rings is 1. The Morgan fingerprint density at radius 1 is 1.38 bits per heavy atom. The molecule has 2 aromatic heterocycles. The molecule has 132 valence electrons. The number of fused-ring (bicyclic) bond motifs is 1. The lowest BCUT2D eigenvalue weighted by Crippen LogP contribution is -2.49. The topological polar surface area (TPSA) is 42.6 Å².